The van der Waals surface area contributed by atoms with Crippen molar-refractivity contribution in [3.8, 4) is 0 Å². The standard InChI is InChI=1S/C10H24N2O2S/c1-9(2,3)11(7)15(13,14)12(8)10(4,5)6/h1-8H3. The van der Waals surface area contributed by atoms with Gasteiger partial charge in [0.2, 0.25) is 0 Å². The van der Waals surface area contributed by atoms with Crippen molar-refractivity contribution in [2.75, 3.05) is 14.1 Å². The third-order valence-electron chi connectivity index (χ3n) is 2.58. The van der Waals surface area contributed by atoms with Gasteiger partial charge in [-0.2, -0.15) is 17.0 Å². The maximum atomic E-state index is 12.2. The van der Waals surface area contributed by atoms with E-state index in [0.717, 1.165) is 0 Å². The molecule has 0 atom stereocenters. The average Bonchev–Trinajstić information content (AvgIpc) is 1.98. The lowest BCUT2D eigenvalue weighted by Gasteiger charge is -2.39. The summed E-state index contributed by atoms with van der Waals surface area (Å²) in [6, 6.07) is 0. The third-order valence-corrected chi connectivity index (χ3v) is 5.06. The van der Waals surface area contributed by atoms with Crippen LogP contribution in [-0.4, -0.2) is 42.2 Å². The fourth-order valence-corrected chi connectivity index (χ4v) is 2.63. The minimum absolute atomic E-state index is 0.404. The van der Waals surface area contributed by atoms with Crippen LogP contribution in [-0.2, 0) is 10.2 Å². The van der Waals surface area contributed by atoms with E-state index in [1.165, 1.54) is 8.61 Å². The van der Waals surface area contributed by atoms with E-state index in [1.807, 2.05) is 41.5 Å². The van der Waals surface area contributed by atoms with E-state index in [-0.39, 0.29) is 0 Å². The first-order valence-corrected chi connectivity index (χ1v) is 6.44. The fraction of sp³-hybridized carbons (Fsp3) is 1.00. The van der Waals surface area contributed by atoms with Gasteiger partial charge in [0.15, 0.2) is 0 Å². The minimum Gasteiger partial charge on any atom is -0.195 e. The van der Waals surface area contributed by atoms with Crippen LogP contribution >= 0.6 is 0 Å². The molecule has 5 heteroatoms. The molecule has 15 heavy (non-hydrogen) atoms. The van der Waals surface area contributed by atoms with Crippen molar-refractivity contribution in [1.82, 2.24) is 8.61 Å². The van der Waals surface area contributed by atoms with E-state index in [9.17, 15) is 8.42 Å². The molecule has 0 radical (unpaired) electrons. The predicted octanol–water partition coefficient (Wildman–Crippen LogP) is 1.69. The van der Waals surface area contributed by atoms with Gasteiger partial charge in [-0.3, -0.25) is 0 Å². The molecule has 0 fully saturated rings. The maximum Gasteiger partial charge on any atom is 0.282 e. The van der Waals surface area contributed by atoms with E-state index in [2.05, 4.69) is 0 Å². The quantitative estimate of drug-likeness (QED) is 0.732. The molecule has 0 spiro atoms. The molecular weight excluding hydrogens is 212 g/mol. The summed E-state index contributed by atoms with van der Waals surface area (Å²) in [5, 5.41) is 0. The first-order valence-electron chi connectivity index (χ1n) is 5.04. The van der Waals surface area contributed by atoms with Gasteiger partial charge in [-0.05, 0) is 41.5 Å². The van der Waals surface area contributed by atoms with Gasteiger partial charge in [0.1, 0.15) is 0 Å². The molecule has 0 aromatic rings. The molecule has 0 unspecified atom stereocenters. The Morgan fingerprint density at radius 1 is 0.733 bits per heavy atom. The van der Waals surface area contributed by atoms with Crippen LogP contribution < -0.4 is 0 Å². The van der Waals surface area contributed by atoms with Crippen molar-refractivity contribution in [2.45, 2.75) is 52.6 Å². The topological polar surface area (TPSA) is 40.6 Å². The monoisotopic (exact) mass is 236 g/mol. The molecule has 0 saturated carbocycles. The van der Waals surface area contributed by atoms with Crippen LogP contribution in [0.5, 0.6) is 0 Å². The van der Waals surface area contributed by atoms with E-state index < -0.39 is 21.3 Å². The first kappa shape index (κ1) is 14.9. The number of rotatable bonds is 2. The van der Waals surface area contributed by atoms with Gasteiger partial charge >= 0.3 is 0 Å². The molecule has 0 amide bonds. The van der Waals surface area contributed by atoms with Gasteiger partial charge in [-0.25, -0.2) is 0 Å². The Labute approximate surface area is 94.4 Å². The molecule has 4 nitrogen and oxygen atoms in total. The van der Waals surface area contributed by atoms with Crippen LogP contribution in [0, 0.1) is 0 Å². The second-order valence-corrected chi connectivity index (χ2v) is 7.78. The molecule has 92 valence electrons. The van der Waals surface area contributed by atoms with Crippen LogP contribution in [0.1, 0.15) is 41.5 Å². The van der Waals surface area contributed by atoms with Crippen LogP contribution in [0.2, 0.25) is 0 Å². The Balaban J connectivity index is 5.19. The SMILES string of the molecule is CN(C(C)(C)C)S(=O)(=O)N(C)C(C)(C)C. The normalized spacial score (nSPS) is 15.1. The molecular formula is C10H24N2O2S. The summed E-state index contributed by atoms with van der Waals surface area (Å²) < 4.78 is 27.1. The summed E-state index contributed by atoms with van der Waals surface area (Å²) in [6.07, 6.45) is 0. The highest BCUT2D eigenvalue weighted by Crippen LogP contribution is 2.23. The number of hydrogen-bond donors (Lipinski definition) is 0. The molecule has 0 aliphatic carbocycles. The summed E-state index contributed by atoms with van der Waals surface area (Å²) in [5.41, 5.74) is -0.809. The molecule has 0 bridgehead atoms. The van der Waals surface area contributed by atoms with E-state index in [4.69, 9.17) is 0 Å². The summed E-state index contributed by atoms with van der Waals surface area (Å²) in [7, 11) is -0.170. The van der Waals surface area contributed by atoms with Crippen molar-refractivity contribution >= 4 is 10.2 Å². The fourth-order valence-electron chi connectivity index (χ4n) is 0.876. The van der Waals surface area contributed by atoms with E-state index in [0.29, 0.717) is 0 Å². The van der Waals surface area contributed by atoms with Gasteiger partial charge in [0.05, 0.1) is 0 Å². The molecule has 0 rings (SSSR count). The Kier molecular flexibility index (Phi) is 4.00. The smallest absolute Gasteiger partial charge is 0.195 e. The molecule has 0 N–H and O–H groups in total. The van der Waals surface area contributed by atoms with Gasteiger partial charge in [-0.15, -0.1) is 0 Å². The molecule has 0 aliphatic rings. The second kappa shape index (κ2) is 4.03. The summed E-state index contributed by atoms with van der Waals surface area (Å²) in [5.74, 6) is 0. The van der Waals surface area contributed by atoms with Crippen LogP contribution in [0.15, 0.2) is 0 Å². The zero-order valence-corrected chi connectivity index (χ0v) is 11.9. The lowest BCUT2D eigenvalue weighted by atomic mass is 10.1. The lowest BCUT2D eigenvalue weighted by molar-refractivity contribution is 0.228. The molecule has 0 aliphatic heterocycles. The Bertz CT molecular complexity index is 283. The number of nitrogens with zero attached hydrogens (tertiary/aromatic N) is 2. The van der Waals surface area contributed by atoms with Crippen molar-refractivity contribution in [1.29, 1.82) is 0 Å². The van der Waals surface area contributed by atoms with E-state index >= 15 is 0 Å². The summed E-state index contributed by atoms with van der Waals surface area (Å²) >= 11 is 0. The minimum atomic E-state index is -3.39. The molecule has 0 aromatic heterocycles. The van der Waals surface area contributed by atoms with Gasteiger partial charge in [-0.1, -0.05) is 0 Å². The summed E-state index contributed by atoms with van der Waals surface area (Å²) in [6.45, 7) is 11.3. The highest BCUT2D eigenvalue weighted by molar-refractivity contribution is 7.86. The third kappa shape index (κ3) is 3.43. The van der Waals surface area contributed by atoms with Crippen LogP contribution in [0.3, 0.4) is 0 Å². The van der Waals surface area contributed by atoms with Crippen LogP contribution in [0.4, 0.5) is 0 Å². The van der Waals surface area contributed by atoms with Gasteiger partial charge < -0.3 is 0 Å². The summed E-state index contributed by atoms with van der Waals surface area (Å²) in [4.78, 5) is 0. The van der Waals surface area contributed by atoms with Crippen molar-refractivity contribution < 1.29 is 8.42 Å². The largest absolute Gasteiger partial charge is 0.282 e. The molecule has 0 heterocycles. The Morgan fingerprint density at radius 3 is 1.07 bits per heavy atom. The van der Waals surface area contributed by atoms with Crippen molar-refractivity contribution in [2.24, 2.45) is 0 Å². The Morgan fingerprint density at radius 2 is 0.933 bits per heavy atom. The molecule has 0 saturated heterocycles. The zero-order valence-electron chi connectivity index (χ0n) is 11.1. The van der Waals surface area contributed by atoms with Gasteiger partial charge in [0, 0.05) is 25.2 Å². The predicted molar refractivity (Wildman–Crippen MR) is 64.0 cm³/mol. The molecule has 0 aromatic carbocycles. The lowest BCUT2D eigenvalue weighted by Crippen LogP contribution is -2.53. The average molecular weight is 236 g/mol. The Hall–Kier alpha value is -0.130. The highest BCUT2D eigenvalue weighted by atomic mass is 32.2. The maximum absolute atomic E-state index is 12.2. The zero-order chi connectivity index (χ0) is 12.7. The van der Waals surface area contributed by atoms with E-state index in [1.54, 1.807) is 14.1 Å². The second-order valence-electron chi connectivity index (χ2n) is 5.78. The first-order chi connectivity index (χ1) is 6.31. The highest BCUT2D eigenvalue weighted by Gasteiger charge is 2.36. The van der Waals surface area contributed by atoms with Gasteiger partial charge in [0.25, 0.3) is 10.2 Å². The van der Waals surface area contributed by atoms with Crippen molar-refractivity contribution in [3.63, 3.8) is 0 Å². The van der Waals surface area contributed by atoms with Crippen LogP contribution in [0.25, 0.3) is 0 Å². The van der Waals surface area contributed by atoms with Crippen molar-refractivity contribution in [3.05, 3.63) is 0 Å². The number of hydrogen-bond acceptors (Lipinski definition) is 2.